The van der Waals surface area contributed by atoms with Gasteiger partial charge in [0.1, 0.15) is 0 Å². The van der Waals surface area contributed by atoms with E-state index in [0.717, 1.165) is 22.5 Å². The lowest BCUT2D eigenvalue weighted by Gasteiger charge is -2.12. The van der Waals surface area contributed by atoms with Crippen molar-refractivity contribution in [3.05, 3.63) is 53.1 Å². The molecular formula is C20H19N3O4. The molecule has 27 heavy (non-hydrogen) atoms. The van der Waals surface area contributed by atoms with Gasteiger partial charge in [-0.3, -0.25) is 9.59 Å². The highest BCUT2D eigenvalue weighted by atomic mass is 16.5. The zero-order valence-corrected chi connectivity index (χ0v) is 15.1. The number of rotatable bonds is 4. The van der Waals surface area contributed by atoms with Crippen LogP contribution in [0.25, 0.3) is 0 Å². The molecule has 2 aromatic carbocycles. The highest BCUT2D eigenvalue weighted by molar-refractivity contribution is 6.05. The highest BCUT2D eigenvalue weighted by Gasteiger charge is 2.25. The molecule has 7 heteroatoms. The van der Waals surface area contributed by atoms with Crippen LogP contribution in [0.4, 0.5) is 5.69 Å². The van der Waals surface area contributed by atoms with E-state index in [0.29, 0.717) is 36.4 Å². The number of ether oxygens (including phenoxy) is 2. The summed E-state index contributed by atoms with van der Waals surface area (Å²) in [6, 6.07) is 10.8. The number of carbonyl (C=O) groups is 2. The first kappa shape index (κ1) is 17.1. The summed E-state index contributed by atoms with van der Waals surface area (Å²) < 4.78 is 10.6. The molecule has 138 valence electrons. The van der Waals surface area contributed by atoms with Gasteiger partial charge in [0, 0.05) is 23.2 Å². The monoisotopic (exact) mass is 365 g/mol. The van der Waals surface area contributed by atoms with Crippen molar-refractivity contribution in [3.8, 4) is 11.5 Å². The van der Waals surface area contributed by atoms with E-state index < -0.39 is 0 Å². The van der Waals surface area contributed by atoms with E-state index >= 15 is 0 Å². The number of hydrogen-bond donors (Lipinski definition) is 1. The first-order chi connectivity index (χ1) is 13.1. The van der Waals surface area contributed by atoms with Crippen molar-refractivity contribution in [3.63, 3.8) is 0 Å². The molecule has 0 aromatic heterocycles. The fourth-order valence-electron chi connectivity index (χ4n) is 3.33. The average Bonchev–Trinajstić information content (AvgIpc) is 3.32. The number of nitrogens with zero attached hydrogens (tertiary/aromatic N) is 2. The molecule has 0 unspecified atom stereocenters. The largest absolute Gasteiger partial charge is 0.493 e. The minimum Gasteiger partial charge on any atom is -0.493 e. The summed E-state index contributed by atoms with van der Waals surface area (Å²) in [5.74, 6) is 1.05. The number of methoxy groups -OCH3 is 2. The molecule has 2 aliphatic rings. The zero-order chi connectivity index (χ0) is 19.0. The van der Waals surface area contributed by atoms with Crippen LogP contribution in [0.1, 0.15) is 27.9 Å². The number of anilines is 1. The van der Waals surface area contributed by atoms with Crippen LogP contribution in [-0.2, 0) is 11.2 Å². The van der Waals surface area contributed by atoms with Gasteiger partial charge in [0.05, 0.1) is 32.9 Å². The van der Waals surface area contributed by atoms with E-state index in [1.165, 1.54) is 5.01 Å². The van der Waals surface area contributed by atoms with Crippen LogP contribution in [0, 0.1) is 0 Å². The van der Waals surface area contributed by atoms with Gasteiger partial charge < -0.3 is 14.8 Å². The topological polar surface area (TPSA) is 80.2 Å². The van der Waals surface area contributed by atoms with E-state index in [2.05, 4.69) is 10.4 Å². The van der Waals surface area contributed by atoms with Gasteiger partial charge in [0.15, 0.2) is 11.5 Å². The second kappa shape index (κ2) is 6.75. The van der Waals surface area contributed by atoms with Gasteiger partial charge in [-0.25, -0.2) is 5.01 Å². The number of fused-ring (bicyclic) bond motifs is 1. The van der Waals surface area contributed by atoms with Crippen molar-refractivity contribution < 1.29 is 19.1 Å². The van der Waals surface area contributed by atoms with Crippen molar-refractivity contribution in [1.82, 2.24) is 5.01 Å². The number of amides is 2. The quantitative estimate of drug-likeness (QED) is 0.903. The van der Waals surface area contributed by atoms with E-state index in [1.807, 2.05) is 18.2 Å². The Hall–Kier alpha value is -3.35. The van der Waals surface area contributed by atoms with Crippen molar-refractivity contribution in [1.29, 1.82) is 0 Å². The molecule has 4 rings (SSSR count). The maximum atomic E-state index is 12.8. The Morgan fingerprint density at radius 1 is 1.11 bits per heavy atom. The molecule has 0 atom stereocenters. The molecule has 2 aliphatic heterocycles. The molecule has 0 bridgehead atoms. The van der Waals surface area contributed by atoms with Crippen LogP contribution < -0.4 is 14.8 Å². The third-order valence-corrected chi connectivity index (χ3v) is 4.73. The number of hydrogen-bond acceptors (Lipinski definition) is 5. The summed E-state index contributed by atoms with van der Waals surface area (Å²) in [7, 11) is 3.17. The van der Waals surface area contributed by atoms with E-state index in [9.17, 15) is 9.59 Å². The average molecular weight is 365 g/mol. The molecule has 1 N–H and O–H groups in total. The number of benzene rings is 2. The number of nitrogens with one attached hydrogen (secondary N) is 1. The van der Waals surface area contributed by atoms with Gasteiger partial charge in [-0.15, -0.1) is 0 Å². The summed E-state index contributed by atoms with van der Waals surface area (Å²) >= 11 is 0. The molecule has 0 saturated heterocycles. The fourth-order valence-corrected chi connectivity index (χ4v) is 3.33. The van der Waals surface area contributed by atoms with E-state index in [1.54, 1.807) is 32.4 Å². The SMILES string of the molecule is COc1ccc(C2=NN(C(=O)c3ccc4c(c3)CC(=O)N4)CC2)cc1OC. The normalized spacial score (nSPS) is 15.3. The Morgan fingerprint density at radius 2 is 1.93 bits per heavy atom. The number of carbonyl (C=O) groups excluding carboxylic acids is 2. The van der Waals surface area contributed by atoms with Crippen molar-refractivity contribution in [2.24, 2.45) is 5.10 Å². The van der Waals surface area contributed by atoms with Crippen LogP contribution in [0.15, 0.2) is 41.5 Å². The smallest absolute Gasteiger partial charge is 0.273 e. The molecule has 0 aliphatic carbocycles. The Balaban J connectivity index is 1.56. The van der Waals surface area contributed by atoms with E-state index in [-0.39, 0.29) is 11.8 Å². The molecule has 2 aromatic rings. The van der Waals surface area contributed by atoms with Crippen molar-refractivity contribution in [2.75, 3.05) is 26.1 Å². The van der Waals surface area contributed by atoms with Gasteiger partial charge in [0.2, 0.25) is 5.91 Å². The fraction of sp³-hybridized carbons (Fsp3) is 0.250. The predicted molar refractivity (Wildman–Crippen MR) is 101 cm³/mol. The molecule has 0 radical (unpaired) electrons. The number of hydrazone groups is 1. The maximum absolute atomic E-state index is 12.8. The van der Waals surface area contributed by atoms with Crippen LogP contribution in [-0.4, -0.2) is 43.3 Å². The summed E-state index contributed by atoms with van der Waals surface area (Å²) in [5.41, 5.74) is 3.86. The van der Waals surface area contributed by atoms with Crippen LogP contribution in [0.3, 0.4) is 0 Å². The minimum absolute atomic E-state index is 0.0514. The predicted octanol–water partition coefficient (Wildman–Crippen LogP) is 2.45. The lowest BCUT2D eigenvalue weighted by molar-refractivity contribution is -0.115. The Labute approximate surface area is 156 Å². The van der Waals surface area contributed by atoms with Crippen LogP contribution in [0.2, 0.25) is 0 Å². The molecule has 0 spiro atoms. The summed E-state index contributed by atoms with van der Waals surface area (Å²) in [4.78, 5) is 24.3. The lowest BCUT2D eigenvalue weighted by atomic mass is 10.1. The third kappa shape index (κ3) is 3.12. The van der Waals surface area contributed by atoms with Crippen molar-refractivity contribution >= 4 is 23.2 Å². The van der Waals surface area contributed by atoms with Gasteiger partial charge >= 0.3 is 0 Å². The molecule has 2 amide bonds. The van der Waals surface area contributed by atoms with Gasteiger partial charge in [0.25, 0.3) is 5.91 Å². The standard InChI is InChI=1S/C20H19N3O4/c1-26-17-6-4-12(10-18(17)27-2)16-7-8-23(22-16)20(25)13-3-5-15-14(9-13)11-19(24)21-15/h3-6,9-10H,7-8,11H2,1-2H3,(H,21,24). The Kier molecular flexibility index (Phi) is 4.27. The lowest BCUT2D eigenvalue weighted by Crippen LogP contribution is -2.23. The molecular weight excluding hydrogens is 346 g/mol. The van der Waals surface area contributed by atoms with E-state index in [4.69, 9.17) is 9.47 Å². The third-order valence-electron chi connectivity index (χ3n) is 4.73. The maximum Gasteiger partial charge on any atom is 0.273 e. The summed E-state index contributed by atoms with van der Waals surface area (Å²) in [6.45, 7) is 0.511. The Morgan fingerprint density at radius 3 is 2.70 bits per heavy atom. The van der Waals surface area contributed by atoms with Gasteiger partial charge in [-0.1, -0.05) is 0 Å². The summed E-state index contributed by atoms with van der Waals surface area (Å²) in [5, 5.41) is 8.73. The molecule has 0 saturated carbocycles. The molecule has 7 nitrogen and oxygen atoms in total. The molecule has 2 heterocycles. The second-order valence-electron chi connectivity index (χ2n) is 6.39. The highest BCUT2D eigenvalue weighted by Crippen LogP contribution is 2.30. The van der Waals surface area contributed by atoms with Crippen molar-refractivity contribution in [2.45, 2.75) is 12.8 Å². The first-order valence-electron chi connectivity index (χ1n) is 8.63. The molecule has 0 fully saturated rings. The summed E-state index contributed by atoms with van der Waals surface area (Å²) in [6.07, 6.45) is 0.961. The zero-order valence-electron chi connectivity index (χ0n) is 15.1. The van der Waals surface area contributed by atoms with Crippen LogP contribution in [0.5, 0.6) is 11.5 Å². The van der Waals surface area contributed by atoms with Gasteiger partial charge in [-0.2, -0.15) is 5.10 Å². The second-order valence-corrected chi connectivity index (χ2v) is 6.39. The van der Waals surface area contributed by atoms with Gasteiger partial charge in [-0.05, 0) is 42.0 Å². The minimum atomic E-state index is -0.173. The first-order valence-corrected chi connectivity index (χ1v) is 8.63. The Bertz CT molecular complexity index is 968. The van der Waals surface area contributed by atoms with Crippen LogP contribution >= 0.6 is 0 Å².